The molecule has 6 heteroatoms. The predicted octanol–water partition coefficient (Wildman–Crippen LogP) is 4.13. The van der Waals surface area contributed by atoms with E-state index < -0.39 is 5.41 Å². The normalized spacial score (nSPS) is 16.3. The third-order valence-electron chi connectivity index (χ3n) is 4.76. The second kappa shape index (κ2) is 7.16. The molecule has 0 saturated heterocycles. The molecule has 0 atom stereocenters. The summed E-state index contributed by atoms with van der Waals surface area (Å²) in [5, 5.41) is 8.43. The maximum absolute atomic E-state index is 12.9. The van der Waals surface area contributed by atoms with E-state index in [-0.39, 0.29) is 5.91 Å². The molecule has 1 heterocycles. The van der Waals surface area contributed by atoms with Gasteiger partial charge in [-0.15, -0.1) is 0 Å². The molecule has 1 fully saturated rings. The van der Waals surface area contributed by atoms with Crippen molar-refractivity contribution >= 4 is 29.1 Å². The van der Waals surface area contributed by atoms with Crippen molar-refractivity contribution in [2.75, 3.05) is 6.54 Å². The third-order valence-corrected chi connectivity index (χ3v) is 5.50. The highest BCUT2D eigenvalue weighted by atomic mass is 35.5. The Bertz CT molecular complexity index is 736. The minimum absolute atomic E-state index is 0.0715. The number of hydrogen-bond acceptors (Lipinski definition) is 2. The lowest BCUT2D eigenvalue weighted by Crippen LogP contribution is -2.43. The number of carbonyl (C=O) groups is 1. The van der Waals surface area contributed by atoms with Crippen LogP contribution in [0.2, 0.25) is 10.0 Å². The smallest absolute Gasteiger partial charge is 0.230 e. The number of halogens is 2. The number of aryl methyl sites for hydroxylation is 1. The summed E-state index contributed by atoms with van der Waals surface area (Å²) in [6.45, 7) is 3.17. The van der Waals surface area contributed by atoms with Gasteiger partial charge in [-0.1, -0.05) is 42.1 Å². The molecule has 1 aromatic carbocycles. The number of hydrogen-bond donors (Lipinski definition) is 1. The molecule has 128 valence electrons. The zero-order valence-corrected chi connectivity index (χ0v) is 15.2. The van der Waals surface area contributed by atoms with Crippen molar-refractivity contribution in [1.82, 2.24) is 15.1 Å². The number of nitrogens with zero attached hydrogens (tertiary/aromatic N) is 2. The van der Waals surface area contributed by atoms with Gasteiger partial charge in [0.2, 0.25) is 5.91 Å². The highest BCUT2D eigenvalue weighted by Crippen LogP contribution is 2.42. The van der Waals surface area contributed by atoms with Gasteiger partial charge in [-0.05, 0) is 43.5 Å². The van der Waals surface area contributed by atoms with Gasteiger partial charge in [0.1, 0.15) is 0 Å². The molecule has 0 unspecified atom stereocenters. The summed E-state index contributed by atoms with van der Waals surface area (Å²) >= 11 is 12.2. The number of carbonyl (C=O) groups excluding carboxylic acids is 1. The van der Waals surface area contributed by atoms with Crippen molar-refractivity contribution in [2.45, 2.75) is 44.6 Å². The first-order valence-corrected chi connectivity index (χ1v) is 9.01. The summed E-state index contributed by atoms with van der Waals surface area (Å²) < 4.78 is 1.84. The predicted molar refractivity (Wildman–Crippen MR) is 96.6 cm³/mol. The first-order valence-electron chi connectivity index (χ1n) is 8.25. The first kappa shape index (κ1) is 17.3. The molecule has 1 aliphatic rings. The van der Waals surface area contributed by atoms with Crippen LogP contribution in [0, 0.1) is 6.92 Å². The quantitative estimate of drug-likeness (QED) is 0.865. The summed E-state index contributed by atoms with van der Waals surface area (Å²) in [5.74, 6) is 0.0715. The fourth-order valence-corrected chi connectivity index (χ4v) is 3.76. The Morgan fingerprint density at radius 1 is 1.25 bits per heavy atom. The van der Waals surface area contributed by atoms with E-state index in [1.807, 2.05) is 36.0 Å². The van der Waals surface area contributed by atoms with Gasteiger partial charge in [-0.2, -0.15) is 5.10 Å². The maximum Gasteiger partial charge on any atom is 0.230 e. The summed E-state index contributed by atoms with van der Waals surface area (Å²) in [5.41, 5.74) is 1.44. The van der Waals surface area contributed by atoms with Crippen LogP contribution in [0.3, 0.4) is 0 Å². The molecular formula is C18H21Cl2N3O. The Kier molecular flexibility index (Phi) is 5.16. The van der Waals surface area contributed by atoms with Gasteiger partial charge in [0.25, 0.3) is 0 Å². The van der Waals surface area contributed by atoms with E-state index in [1.165, 1.54) is 0 Å². The zero-order valence-electron chi connectivity index (χ0n) is 13.7. The van der Waals surface area contributed by atoms with Crippen molar-refractivity contribution in [3.63, 3.8) is 0 Å². The van der Waals surface area contributed by atoms with Crippen molar-refractivity contribution < 1.29 is 4.79 Å². The van der Waals surface area contributed by atoms with Crippen molar-refractivity contribution in [2.24, 2.45) is 0 Å². The molecule has 1 N–H and O–H groups in total. The topological polar surface area (TPSA) is 46.9 Å². The van der Waals surface area contributed by atoms with E-state index in [4.69, 9.17) is 23.2 Å². The molecule has 0 radical (unpaired) electrons. The van der Waals surface area contributed by atoms with Gasteiger partial charge in [0.15, 0.2) is 0 Å². The summed E-state index contributed by atoms with van der Waals surface area (Å²) in [4.78, 5) is 12.9. The van der Waals surface area contributed by atoms with Gasteiger partial charge < -0.3 is 5.32 Å². The van der Waals surface area contributed by atoms with Crippen LogP contribution in [0.4, 0.5) is 0 Å². The Balaban J connectivity index is 1.72. The molecule has 0 spiro atoms. The summed E-state index contributed by atoms with van der Waals surface area (Å²) in [7, 11) is 0. The average Bonchev–Trinajstić information content (AvgIpc) is 3.20. The molecule has 0 aliphatic heterocycles. The fourth-order valence-electron chi connectivity index (χ4n) is 3.46. The van der Waals surface area contributed by atoms with Crippen molar-refractivity contribution in [3.05, 3.63) is 51.8 Å². The van der Waals surface area contributed by atoms with E-state index in [0.29, 0.717) is 23.1 Å². The maximum atomic E-state index is 12.9. The minimum atomic E-state index is -0.492. The Hall–Kier alpha value is -1.52. The SMILES string of the molecule is Cc1ccn(CCNC(=O)C2(c3ccc(Cl)c(Cl)c3)CCCC2)n1. The number of aromatic nitrogens is 2. The van der Waals surface area contributed by atoms with Gasteiger partial charge in [0, 0.05) is 12.7 Å². The van der Waals surface area contributed by atoms with E-state index in [9.17, 15) is 4.79 Å². The highest BCUT2D eigenvalue weighted by Gasteiger charge is 2.42. The second-order valence-corrected chi connectivity index (χ2v) is 7.21. The fraction of sp³-hybridized carbons (Fsp3) is 0.444. The van der Waals surface area contributed by atoms with Crippen LogP contribution in [0.15, 0.2) is 30.5 Å². The Morgan fingerprint density at radius 3 is 2.62 bits per heavy atom. The molecule has 1 aromatic heterocycles. The number of rotatable bonds is 5. The van der Waals surface area contributed by atoms with Crippen LogP contribution in [-0.4, -0.2) is 22.2 Å². The molecule has 0 bridgehead atoms. The van der Waals surface area contributed by atoms with Crippen LogP contribution in [0.5, 0.6) is 0 Å². The minimum Gasteiger partial charge on any atom is -0.353 e. The Labute approximate surface area is 152 Å². The number of amides is 1. The van der Waals surface area contributed by atoms with E-state index in [0.717, 1.165) is 36.9 Å². The summed E-state index contributed by atoms with van der Waals surface area (Å²) in [6, 6.07) is 7.50. The first-order chi connectivity index (χ1) is 11.5. The van der Waals surface area contributed by atoms with E-state index in [1.54, 1.807) is 6.07 Å². The van der Waals surface area contributed by atoms with Crippen LogP contribution >= 0.6 is 23.2 Å². The van der Waals surface area contributed by atoms with Gasteiger partial charge in [-0.3, -0.25) is 9.48 Å². The van der Waals surface area contributed by atoms with Crippen molar-refractivity contribution in [3.8, 4) is 0 Å². The molecule has 24 heavy (non-hydrogen) atoms. The van der Waals surface area contributed by atoms with Gasteiger partial charge in [-0.25, -0.2) is 0 Å². The molecule has 1 amide bonds. The highest BCUT2D eigenvalue weighted by molar-refractivity contribution is 6.42. The molecule has 3 rings (SSSR count). The van der Waals surface area contributed by atoms with E-state index >= 15 is 0 Å². The van der Waals surface area contributed by atoms with Crippen LogP contribution < -0.4 is 5.32 Å². The number of nitrogens with one attached hydrogen (secondary N) is 1. The summed E-state index contributed by atoms with van der Waals surface area (Å²) in [6.07, 6.45) is 5.71. The largest absolute Gasteiger partial charge is 0.353 e. The van der Waals surface area contributed by atoms with Gasteiger partial charge >= 0.3 is 0 Å². The molecule has 2 aromatic rings. The average molecular weight is 366 g/mol. The van der Waals surface area contributed by atoms with Crippen LogP contribution in [0.25, 0.3) is 0 Å². The monoisotopic (exact) mass is 365 g/mol. The van der Waals surface area contributed by atoms with Gasteiger partial charge in [0.05, 0.1) is 27.7 Å². The van der Waals surface area contributed by atoms with Crippen LogP contribution in [0.1, 0.15) is 36.9 Å². The Morgan fingerprint density at radius 2 is 2.00 bits per heavy atom. The second-order valence-electron chi connectivity index (χ2n) is 6.39. The standard InChI is InChI=1S/C18H21Cl2N3O/c1-13-6-10-23(22-13)11-9-21-17(24)18(7-2-3-8-18)14-4-5-15(19)16(20)12-14/h4-6,10,12H,2-3,7-9,11H2,1H3,(H,21,24). The van der Waals surface area contributed by atoms with E-state index in [2.05, 4.69) is 10.4 Å². The molecule has 1 aliphatic carbocycles. The van der Waals surface area contributed by atoms with Crippen LogP contribution in [-0.2, 0) is 16.8 Å². The molecular weight excluding hydrogens is 345 g/mol. The lowest BCUT2D eigenvalue weighted by Gasteiger charge is -2.28. The third kappa shape index (κ3) is 3.45. The lowest BCUT2D eigenvalue weighted by atomic mass is 9.78. The molecule has 1 saturated carbocycles. The molecule has 4 nitrogen and oxygen atoms in total. The zero-order chi connectivity index (χ0) is 17.2. The lowest BCUT2D eigenvalue weighted by molar-refractivity contribution is -0.126. The number of benzene rings is 1. The van der Waals surface area contributed by atoms with Crippen molar-refractivity contribution in [1.29, 1.82) is 0 Å².